The zero-order valence-corrected chi connectivity index (χ0v) is 24.6. The first-order chi connectivity index (χ1) is 20.1. The smallest absolute Gasteiger partial charge is 0.493 e. The highest BCUT2D eigenvalue weighted by Gasteiger charge is 2.45. The molecule has 0 aromatic heterocycles. The van der Waals surface area contributed by atoms with E-state index < -0.39 is 6.36 Å². The molecule has 1 spiro atoms. The molecule has 1 saturated heterocycles. The summed E-state index contributed by atoms with van der Waals surface area (Å²) in [5.74, 6) is 0.987. The van der Waals surface area contributed by atoms with E-state index in [1.165, 1.54) is 36.2 Å². The Labute approximate surface area is 248 Å². The zero-order valence-electron chi connectivity index (χ0n) is 23.8. The van der Waals surface area contributed by atoms with Crippen molar-refractivity contribution >= 4 is 11.9 Å². The van der Waals surface area contributed by atoms with Crippen LogP contribution in [0, 0.1) is 11.2 Å². The molecule has 0 unspecified atom stereocenters. The Hall–Kier alpha value is -2.95. The van der Waals surface area contributed by atoms with E-state index in [-0.39, 0.29) is 11.6 Å². The summed E-state index contributed by atoms with van der Waals surface area (Å²) in [4.78, 5) is 3.33. The molecule has 5 nitrogen and oxygen atoms in total. The third-order valence-corrected chi connectivity index (χ3v) is 8.90. The normalized spacial score (nSPS) is 17.2. The first-order valence-electron chi connectivity index (χ1n) is 14.3. The lowest BCUT2D eigenvalue weighted by molar-refractivity contribution is -0.274. The minimum Gasteiger partial charge on any atom is -0.493 e. The molecule has 0 atom stereocenters. The van der Waals surface area contributed by atoms with Crippen molar-refractivity contribution in [2.75, 3.05) is 26.3 Å². The number of halogens is 4. The monoisotopic (exact) mass is 604 g/mol. The van der Waals surface area contributed by atoms with E-state index in [1.54, 1.807) is 24.3 Å². The topological polar surface area (TPSA) is 43.0 Å². The molecule has 226 valence electrons. The lowest BCUT2D eigenvalue weighted by Gasteiger charge is -2.52. The molecule has 0 radical (unpaired) electrons. The molecule has 2 fully saturated rings. The van der Waals surface area contributed by atoms with Gasteiger partial charge in [0.15, 0.2) is 0 Å². The van der Waals surface area contributed by atoms with Gasteiger partial charge in [0.2, 0.25) is 0 Å². The lowest BCUT2D eigenvalue weighted by Crippen LogP contribution is -2.52. The Bertz CT molecular complexity index is 1290. The number of benzene rings is 3. The number of hydrogen-bond donors (Lipinski definition) is 1. The molecule has 1 N–H and O–H groups in total. The van der Waals surface area contributed by atoms with Crippen LogP contribution in [0.5, 0.6) is 17.2 Å². The number of likely N-dealkylation sites (tertiary alicyclic amines) is 1. The number of ether oxygens (including phenoxy) is 3. The van der Waals surface area contributed by atoms with E-state index in [1.807, 2.05) is 13.8 Å². The maximum absolute atomic E-state index is 13.6. The van der Waals surface area contributed by atoms with Crippen LogP contribution in [-0.4, -0.2) is 43.6 Å². The number of nitrogens with zero attached hydrogens (tertiary/aromatic N) is 1. The quantitative estimate of drug-likeness (QED) is 0.176. The zero-order chi connectivity index (χ0) is 29.7. The average molecular weight is 605 g/mol. The van der Waals surface area contributed by atoms with Gasteiger partial charge in [0.1, 0.15) is 23.1 Å². The Kier molecular flexibility index (Phi) is 9.54. The fraction of sp³-hybridized carbons (Fsp3) is 0.438. The molecule has 3 aromatic rings. The second kappa shape index (κ2) is 13.1. The van der Waals surface area contributed by atoms with Crippen molar-refractivity contribution in [1.82, 2.24) is 9.62 Å². The molecule has 0 bridgehead atoms. The highest BCUT2D eigenvalue weighted by atomic mass is 32.2. The minimum atomic E-state index is -4.68. The summed E-state index contributed by atoms with van der Waals surface area (Å²) in [5.41, 5.74) is 3.17. The largest absolute Gasteiger partial charge is 0.573 e. The predicted molar refractivity (Wildman–Crippen MR) is 156 cm³/mol. The Morgan fingerprint density at radius 1 is 0.905 bits per heavy atom. The summed E-state index contributed by atoms with van der Waals surface area (Å²) in [6.45, 7) is 7.75. The van der Waals surface area contributed by atoms with E-state index in [0.717, 1.165) is 78.4 Å². The Morgan fingerprint density at radius 3 is 2.05 bits per heavy atom. The molecule has 1 saturated carbocycles. The molecule has 1 aliphatic carbocycles. The maximum Gasteiger partial charge on any atom is 0.573 e. The van der Waals surface area contributed by atoms with Gasteiger partial charge in [-0.05, 0) is 130 Å². The van der Waals surface area contributed by atoms with Crippen molar-refractivity contribution in [1.29, 1.82) is 0 Å². The second-order valence-corrected chi connectivity index (χ2v) is 11.9. The van der Waals surface area contributed by atoms with Crippen LogP contribution in [0.25, 0.3) is 11.1 Å². The average Bonchev–Trinajstić information content (AvgIpc) is 2.93. The molecule has 2 aliphatic rings. The number of hydrogen-bond acceptors (Lipinski definition) is 6. The number of alkyl halides is 3. The Balaban J connectivity index is 1.14. The molecule has 5 rings (SSSR count). The van der Waals surface area contributed by atoms with Crippen LogP contribution in [0.2, 0.25) is 0 Å². The third kappa shape index (κ3) is 7.71. The van der Waals surface area contributed by atoms with Crippen LogP contribution in [0.4, 0.5) is 17.6 Å². The third-order valence-electron chi connectivity index (χ3n) is 7.94. The molecule has 10 heteroatoms. The minimum absolute atomic E-state index is 0.215. The van der Waals surface area contributed by atoms with Crippen LogP contribution >= 0.6 is 11.9 Å². The fourth-order valence-corrected chi connectivity index (χ4v) is 6.70. The van der Waals surface area contributed by atoms with Gasteiger partial charge < -0.3 is 14.2 Å². The van der Waals surface area contributed by atoms with Gasteiger partial charge >= 0.3 is 6.36 Å². The van der Waals surface area contributed by atoms with E-state index in [2.05, 4.69) is 26.5 Å². The summed E-state index contributed by atoms with van der Waals surface area (Å²) in [6, 6.07) is 16.9. The highest BCUT2D eigenvalue weighted by molar-refractivity contribution is 7.97. The van der Waals surface area contributed by atoms with Gasteiger partial charge in [-0.3, -0.25) is 9.62 Å². The van der Waals surface area contributed by atoms with E-state index >= 15 is 0 Å². The van der Waals surface area contributed by atoms with Gasteiger partial charge in [0.05, 0.1) is 18.8 Å². The van der Waals surface area contributed by atoms with Gasteiger partial charge in [0.25, 0.3) is 0 Å². The van der Waals surface area contributed by atoms with Crippen molar-refractivity contribution in [3.63, 3.8) is 0 Å². The molecule has 1 aliphatic heterocycles. The maximum atomic E-state index is 13.6. The molecule has 1 heterocycles. The fourth-order valence-electron chi connectivity index (χ4n) is 5.96. The number of rotatable bonds is 11. The SMILES string of the molecule is CCOc1cc(CN2CCC3(CC2)CC(NSc2ccc(OC(F)(F)F)cc2)C3)cc(OCC)c1-c1ccc(F)cc1. The van der Waals surface area contributed by atoms with Crippen LogP contribution in [-0.2, 0) is 6.54 Å². The van der Waals surface area contributed by atoms with E-state index in [9.17, 15) is 17.6 Å². The van der Waals surface area contributed by atoms with Gasteiger partial charge in [-0.25, -0.2) is 4.39 Å². The van der Waals surface area contributed by atoms with Crippen molar-refractivity contribution < 1.29 is 31.8 Å². The number of nitrogens with one attached hydrogen (secondary N) is 1. The van der Waals surface area contributed by atoms with Crippen molar-refractivity contribution in [2.45, 2.75) is 63.4 Å². The molecular weight excluding hydrogens is 568 g/mol. The standard InChI is InChI=1S/C32H36F4N2O3S/c1-3-39-28-17-22(18-29(40-4-2)30(28)23-5-7-24(33)8-6-23)21-38-15-13-31(14-16-38)19-25(20-31)37-42-27-11-9-26(10-12-27)41-32(34,35)36/h5-12,17-18,25,37H,3-4,13-16,19-21H2,1-2H3. The molecular formula is C32H36F4N2O3S. The van der Waals surface area contributed by atoms with Gasteiger partial charge in [-0.1, -0.05) is 12.1 Å². The number of piperidine rings is 1. The predicted octanol–water partition coefficient (Wildman–Crippen LogP) is 8.23. The molecule has 3 aromatic carbocycles. The molecule has 42 heavy (non-hydrogen) atoms. The van der Waals surface area contributed by atoms with E-state index in [0.29, 0.717) is 24.7 Å². The summed E-state index contributed by atoms with van der Waals surface area (Å²) in [5, 5.41) is 0. The van der Waals surface area contributed by atoms with Crippen LogP contribution in [0.1, 0.15) is 45.1 Å². The van der Waals surface area contributed by atoms with E-state index in [4.69, 9.17) is 9.47 Å². The first-order valence-corrected chi connectivity index (χ1v) is 15.2. The summed E-state index contributed by atoms with van der Waals surface area (Å²) < 4.78 is 70.2. The van der Waals surface area contributed by atoms with Gasteiger partial charge in [0, 0.05) is 17.5 Å². The highest BCUT2D eigenvalue weighted by Crippen LogP contribution is 2.50. The van der Waals surface area contributed by atoms with Crippen molar-refractivity contribution in [2.24, 2.45) is 5.41 Å². The van der Waals surface area contributed by atoms with Crippen molar-refractivity contribution in [3.8, 4) is 28.4 Å². The van der Waals surface area contributed by atoms with Crippen molar-refractivity contribution in [3.05, 3.63) is 72.0 Å². The molecule has 0 amide bonds. The van der Waals surface area contributed by atoms with Crippen LogP contribution < -0.4 is 18.9 Å². The van der Waals surface area contributed by atoms with Gasteiger partial charge in [-0.2, -0.15) is 0 Å². The Morgan fingerprint density at radius 2 is 1.50 bits per heavy atom. The van der Waals surface area contributed by atoms with Crippen LogP contribution in [0.15, 0.2) is 65.6 Å². The summed E-state index contributed by atoms with van der Waals surface area (Å²) in [7, 11) is 0. The lowest BCUT2D eigenvalue weighted by atomic mass is 9.60. The second-order valence-electron chi connectivity index (χ2n) is 11.0. The summed E-state index contributed by atoms with van der Waals surface area (Å²) in [6.07, 6.45) is -0.235. The van der Waals surface area contributed by atoms with Gasteiger partial charge in [-0.15, -0.1) is 13.2 Å². The van der Waals surface area contributed by atoms with Crippen LogP contribution in [0.3, 0.4) is 0 Å². The summed E-state index contributed by atoms with van der Waals surface area (Å²) >= 11 is 1.45. The first kappa shape index (κ1) is 30.5.